The molecule has 3 aliphatic rings. The van der Waals surface area contributed by atoms with E-state index >= 15 is 0 Å². The zero-order valence-corrected chi connectivity index (χ0v) is 12.3. The van der Waals surface area contributed by atoms with Crippen LogP contribution >= 0.6 is 0 Å². The summed E-state index contributed by atoms with van der Waals surface area (Å²) in [4.78, 5) is 6.93. The van der Waals surface area contributed by atoms with Crippen LogP contribution in [0.1, 0.15) is 56.2 Å². The van der Waals surface area contributed by atoms with Crippen molar-refractivity contribution in [3.8, 4) is 0 Å². The molecule has 0 amide bonds. The van der Waals surface area contributed by atoms with Crippen LogP contribution in [0.4, 0.5) is 0 Å². The fourth-order valence-electron chi connectivity index (χ4n) is 4.08. The van der Waals surface area contributed by atoms with E-state index in [9.17, 15) is 0 Å². The van der Waals surface area contributed by atoms with E-state index in [4.69, 9.17) is 9.26 Å². The maximum absolute atomic E-state index is 5.64. The second kappa shape index (κ2) is 4.53. The van der Waals surface area contributed by atoms with Gasteiger partial charge in [-0.25, -0.2) is 0 Å². The Morgan fingerprint density at radius 3 is 2.80 bits per heavy atom. The third kappa shape index (κ3) is 1.83. The summed E-state index contributed by atoms with van der Waals surface area (Å²) < 4.78 is 11.0. The largest absolute Gasteiger partial charge is 0.381 e. The van der Waals surface area contributed by atoms with E-state index in [0.717, 1.165) is 24.7 Å². The van der Waals surface area contributed by atoms with Crippen LogP contribution in [0.2, 0.25) is 0 Å². The summed E-state index contributed by atoms with van der Waals surface area (Å²) in [6.07, 6.45) is 7.96. The highest BCUT2D eigenvalue weighted by Crippen LogP contribution is 2.58. The lowest BCUT2D eigenvalue weighted by atomic mass is 9.50. The normalized spacial score (nSPS) is 31.4. The molecule has 2 unspecified atom stereocenters. The van der Waals surface area contributed by atoms with Gasteiger partial charge in [0.25, 0.3) is 0 Å². The van der Waals surface area contributed by atoms with E-state index in [1.54, 1.807) is 0 Å². The van der Waals surface area contributed by atoms with E-state index in [0.29, 0.717) is 23.5 Å². The molecule has 20 heavy (non-hydrogen) atoms. The predicted molar refractivity (Wildman–Crippen MR) is 73.2 cm³/mol. The van der Waals surface area contributed by atoms with Crippen LogP contribution in [0, 0.1) is 5.41 Å². The fourth-order valence-corrected chi connectivity index (χ4v) is 4.08. The molecular formula is C15H23N3O2. The van der Waals surface area contributed by atoms with Crippen LogP contribution in [0.3, 0.4) is 0 Å². The number of ether oxygens (including phenoxy) is 1. The molecule has 1 aromatic rings. The molecule has 1 aromatic heterocycles. The average Bonchev–Trinajstić information content (AvgIpc) is 3.08. The topological polar surface area (TPSA) is 51.4 Å². The lowest BCUT2D eigenvalue weighted by Gasteiger charge is -2.63. The molecule has 3 fully saturated rings. The van der Waals surface area contributed by atoms with Crippen molar-refractivity contribution in [3.05, 3.63) is 11.7 Å². The highest BCUT2D eigenvalue weighted by Gasteiger charge is 2.59. The van der Waals surface area contributed by atoms with Gasteiger partial charge >= 0.3 is 0 Å². The summed E-state index contributed by atoms with van der Waals surface area (Å²) in [5.74, 6) is 2.22. The molecule has 3 saturated carbocycles. The molecular weight excluding hydrogens is 254 g/mol. The molecule has 5 nitrogen and oxygen atoms in total. The molecule has 0 aromatic carbocycles. The summed E-state index contributed by atoms with van der Waals surface area (Å²) in [6.45, 7) is 0.791. The highest BCUT2D eigenvalue weighted by molar-refractivity contribution is 5.12. The van der Waals surface area contributed by atoms with E-state index in [1.807, 2.05) is 7.11 Å². The van der Waals surface area contributed by atoms with Gasteiger partial charge in [0.1, 0.15) is 0 Å². The first kappa shape index (κ1) is 12.8. The van der Waals surface area contributed by atoms with Gasteiger partial charge in [-0.15, -0.1) is 0 Å². The Balaban J connectivity index is 1.41. The summed E-state index contributed by atoms with van der Waals surface area (Å²) in [5.41, 5.74) is 0.409. The number of aromatic nitrogens is 2. The molecule has 0 bridgehead atoms. The number of hydrogen-bond acceptors (Lipinski definition) is 5. The molecule has 3 aliphatic carbocycles. The fraction of sp³-hybridized carbons (Fsp3) is 0.867. The molecule has 0 radical (unpaired) electrons. The van der Waals surface area contributed by atoms with Gasteiger partial charge in [-0.1, -0.05) is 11.6 Å². The minimum absolute atomic E-state index is 0.409. The Bertz CT molecular complexity index is 493. The standard InChI is InChI=1S/C15H23N3O2/c1-18(9-13-16-14(20-17-13)10-4-5-10)11-8-12(19-2)15(11)6-3-7-15/h10-12H,3-9H2,1-2H3. The smallest absolute Gasteiger partial charge is 0.229 e. The first-order chi connectivity index (χ1) is 9.73. The summed E-state index contributed by atoms with van der Waals surface area (Å²) in [7, 11) is 4.03. The summed E-state index contributed by atoms with van der Waals surface area (Å²) in [5, 5.41) is 4.13. The van der Waals surface area contributed by atoms with Crippen LogP contribution in [0.25, 0.3) is 0 Å². The third-order valence-corrected chi connectivity index (χ3v) is 5.64. The van der Waals surface area contributed by atoms with Crippen molar-refractivity contribution in [2.45, 2.75) is 63.1 Å². The van der Waals surface area contributed by atoms with Gasteiger partial charge in [0.2, 0.25) is 5.89 Å². The van der Waals surface area contributed by atoms with Gasteiger partial charge in [-0.3, -0.25) is 4.90 Å². The van der Waals surface area contributed by atoms with Gasteiger partial charge in [0, 0.05) is 24.5 Å². The molecule has 0 saturated heterocycles. The van der Waals surface area contributed by atoms with Gasteiger partial charge in [-0.2, -0.15) is 4.98 Å². The third-order valence-electron chi connectivity index (χ3n) is 5.64. The number of nitrogens with zero attached hydrogens (tertiary/aromatic N) is 3. The Morgan fingerprint density at radius 2 is 2.20 bits per heavy atom. The van der Waals surface area contributed by atoms with Crippen LogP contribution in [-0.2, 0) is 11.3 Å². The Morgan fingerprint density at radius 1 is 1.40 bits per heavy atom. The monoisotopic (exact) mass is 277 g/mol. The molecule has 1 spiro atoms. The maximum Gasteiger partial charge on any atom is 0.229 e. The van der Waals surface area contributed by atoms with Crippen LogP contribution in [-0.4, -0.2) is 41.3 Å². The van der Waals surface area contributed by atoms with Crippen molar-refractivity contribution in [2.24, 2.45) is 5.41 Å². The summed E-state index contributed by atoms with van der Waals surface area (Å²) >= 11 is 0. The van der Waals surface area contributed by atoms with Crippen LogP contribution < -0.4 is 0 Å². The van der Waals surface area contributed by atoms with Gasteiger partial charge in [0.15, 0.2) is 5.82 Å². The molecule has 5 heteroatoms. The number of hydrogen-bond donors (Lipinski definition) is 0. The molecule has 1 heterocycles. The van der Waals surface area contributed by atoms with E-state index < -0.39 is 0 Å². The SMILES string of the molecule is COC1CC(N(C)Cc2noc(C3CC3)n2)C12CCC2. The first-order valence-corrected chi connectivity index (χ1v) is 7.78. The molecule has 0 N–H and O–H groups in total. The number of rotatable bonds is 5. The van der Waals surface area contributed by atoms with Gasteiger partial charge in [-0.05, 0) is 39.2 Å². The second-order valence-corrected chi connectivity index (χ2v) is 6.80. The van der Waals surface area contributed by atoms with E-state index in [2.05, 4.69) is 22.1 Å². The predicted octanol–water partition coefficient (Wildman–Crippen LogP) is 2.34. The Labute approximate surface area is 119 Å². The lowest BCUT2D eigenvalue weighted by Crippen LogP contribution is -2.66. The van der Waals surface area contributed by atoms with Crippen molar-refractivity contribution in [2.75, 3.05) is 14.2 Å². The van der Waals surface area contributed by atoms with Crippen LogP contribution in [0.15, 0.2) is 4.52 Å². The minimum atomic E-state index is 0.409. The van der Waals surface area contributed by atoms with Crippen molar-refractivity contribution < 1.29 is 9.26 Å². The highest BCUT2D eigenvalue weighted by atomic mass is 16.5. The van der Waals surface area contributed by atoms with Gasteiger partial charge < -0.3 is 9.26 Å². The zero-order valence-electron chi connectivity index (χ0n) is 12.3. The van der Waals surface area contributed by atoms with Crippen molar-refractivity contribution in [1.29, 1.82) is 0 Å². The maximum atomic E-state index is 5.64. The average molecular weight is 277 g/mol. The number of methoxy groups -OCH3 is 1. The minimum Gasteiger partial charge on any atom is -0.381 e. The Kier molecular flexibility index (Phi) is 2.89. The zero-order chi connectivity index (χ0) is 13.7. The molecule has 0 aliphatic heterocycles. The lowest BCUT2D eigenvalue weighted by molar-refractivity contribution is -0.192. The van der Waals surface area contributed by atoms with E-state index in [1.165, 1.54) is 32.1 Å². The first-order valence-electron chi connectivity index (χ1n) is 7.78. The Hall–Kier alpha value is -0.940. The van der Waals surface area contributed by atoms with E-state index in [-0.39, 0.29) is 0 Å². The molecule has 4 rings (SSSR count). The van der Waals surface area contributed by atoms with Crippen LogP contribution in [0.5, 0.6) is 0 Å². The summed E-state index contributed by atoms with van der Waals surface area (Å²) in [6, 6.07) is 0.615. The molecule has 2 atom stereocenters. The second-order valence-electron chi connectivity index (χ2n) is 6.80. The quantitative estimate of drug-likeness (QED) is 0.827. The van der Waals surface area contributed by atoms with Crippen molar-refractivity contribution >= 4 is 0 Å². The van der Waals surface area contributed by atoms with Gasteiger partial charge in [0.05, 0.1) is 12.6 Å². The van der Waals surface area contributed by atoms with Crippen molar-refractivity contribution in [3.63, 3.8) is 0 Å². The molecule has 110 valence electrons. The van der Waals surface area contributed by atoms with Crippen molar-refractivity contribution in [1.82, 2.24) is 15.0 Å².